The number of sulfonamides is 1. The Morgan fingerprint density at radius 1 is 1.14 bits per heavy atom. The summed E-state index contributed by atoms with van der Waals surface area (Å²) in [6, 6.07) is 10.1. The molecule has 21 heavy (non-hydrogen) atoms. The molecule has 2 rings (SSSR count). The van der Waals surface area contributed by atoms with Crippen molar-refractivity contribution >= 4 is 37.5 Å². The van der Waals surface area contributed by atoms with Gasteiger partial charge in [0.05, 0.1) is 0 Å². The minimum Gasteiger partial charge on any atom is -0.370 e. The Morgan fingerprint density at radius 3 is 2.43 bits per heavy atom. The molecule has 1 aromatic heterocycles. The summed E-state index contributed by atoms with van der Waals surface area (Å²) < 4.78 is 27.9. The maximum absolute atomic E-state index is 12.2. The molecule has 0 unspecified atom stereocenters. The number of hydrogen-bond donors (Lipinski definition) is 2. The lowest BCUT2D eigenvalue weighted by Gasteiger charge is -2.09. The molecule has 0 fully saturated rings. The summed E-state index contributed by atoms with van der Waals surface area (Å²) >= 11 is 3.30. The lowest BCUT2D eigenvalue weighted by atomic mass is 10.3. The van der Waals surface area contributed by atoms with Gasteiger partial charge in [-0.3, -0.25) is 4.72 Å². The van der Waals surface area contributed by atoms with Crippen molar-refractivity contribution < 1.29 is 8.42 Å². The highest BCUT2D eigenvalue weighted by Gasteiger charge is 2.14. The Hall–Kier alpha value is -1.60. The molecule has 2 N–H and O–H groups in total. The van der Waals surface area contributed by atoms with E-state index < -0.39 is 10.0 Å². The average molecular weight is 370 g/mol. The first-order valence-corrected chi connectivity index (χ1v) is 8.77. The molecule has 1 heterocycles. The molecule has 0 saturated heterocycles. The molecule has 112 valence electrons. The van der Waals surface area contributed by atoms with Crippen LogP contribution in [0, 0.1) is 0 Å². The van der Waals surface area contributed by atoms with E-state index in [0.717, 1.165) is 17.4 Å². The summed E-state index contributed by atoms with van der Waals surface area (Å²) in [6.45, 7) is 2.85. The molecule has 7 heteroatoms. The number of nitrogens with zero attached hydrogens (tertiary/aromatic N) is 1. The quantitative estimate of drug-likeness (QED) is 0.817. The summed E-state index contributed by atoms with van der Waals surface area (Å²) in [4.78, 5) is 4.23. The minimum absolute atomic E-state index is 0.132. The van der Waals surface area contributed by atoms with Gasteiger partial charge in [-0.2, -0.15) is 0 Å². The van der Waals surface area contributed by atoms with E-state index in [-0.39, 0.29) is 4.90 Å². The fraction of sp³-hybridized carbons (Fsp3) is 0.214. The number of nitrogens with one attached hydrogen (secondary N) is 2. The van der Waals surface area contributed by atoms with E-state index in [1.54, 1.807) is 30.3 Å². The molecule has 0 aliphatic carbocycles. The van der Waals surface area contributed by atoms with Crippen molar-refractivity contribution in [3.63, 3.8) is 0 Å². The molecule has 0 aliphatic rings. The first-order valence-electron chi connectivity index (χ1n) is 6.49. The average Bonchev–Trinajstić information content (AvgIpc) is 2.48. The van der Waals surface area contributed by atoms with Gasteiger partial charge >= 0.3 is 0 Å². The SMILES string of the molecule is CCCNc1ccc(S(=O)(=O)Nc2ccc(Br)cc2)cn1. The second-order valence-electron chi connectivity index (χ2n) is 4.42. The largest absolute Gasteiger partial charge is 0.370 e. The lowest BCUT2D eigenvalue weighted by Crippen LogP contribution is -2.13. The minimum atomic E-state index is -3.62. The highest BCUT2D eigenvalue weighted by Crippen LogP contribution is 2.18. The number of halogens is 1. The topological polar surface area (TPSA) is 71.1 Å². The Kier molecular flexibility index (Phi) is 5.19. The predicted octanol–water partition coefficient (Wildman–Crippen LogP) is 3.47. The molecule has 1 aromatic carbocycles. The fourth-order valence-corrected chi connectivity index (χ4v) is 2.90. The predicted molar refractivity (Wildman–Crippen MR) is 88.0 cm³/mol. The number of pyridine rings is 1. The molecule has 0 bridgehead atoms. The smallest absolute Gasteiger partial charge is 0.263 e. The second-order valence-corrected chi connectivity index (χ2v) is 7.02. The van der Waals surface area contributed by atoms with Crippen LogP contribution in [0.3, 0.4) is 0 Å². The van der Waals surface area contributed by atoms with Gasteiger partial charge in [0, 0.05) is 22.9 Å². The molecule has 0 amide bonds. The van der Waals surface area contributed by atoms with Crippen LogP contribution in [-0.2, 0) is 10.0 Å². The van der Waals surface area contributed by atoms with Gasteiger partial charge in [-0.15, -0.1) is 0 Å². The van der Waals surface area contributed by atoms with Crippen LogP contribution in [0.5, 0.6) is 0 Å². The summed E-state index contributed by atoms with van der Waals surface area (Å²) in [5.74, 6) is 0.666. The molecule has 0 spiro atoms. The standard InChI is InChI=1S/C14H16BrN3O2S/c1-2-9-16-14-8-7-13(10-17-14)21(19,20)18-12-5-3-11(15)4-6-12/h3-8,10,18H,2,9H2,1H3,(H,16,17). The molecule has 0 saturated carbocycles. The van der Waals surface area contributed by atoms with Crippen LogP contribution in [0.25, 0.3) is 0 Å². The summed E-state index contributed by atoms with van der Waals surface area (Å²) in [7, 11) is -3.62. The third kappa shape index (κ3) is 4.44. The molecular formula is C14H16BrN3O2S. The summed E-state index contributed by atoms with van der Waals surface area (Å²) in [5.41, 5.74) is 0.506. The molecule has 0 radical (unpaired) electrons. The summed E-state index contributed by atoms with van der Waals surface area (Å²) in [5, 5.41) is 3.10. The van der Waals surface area contributed by atoms with E-state index in [4.69, 9.17) is 0 Å². The normalized spacial score (nSPS) is 11.1. The fourth-order valence-electron chi connectivity index (χ4n) is 1.63. The Balaban J connectivity index is 2.13. The molecular weight excluding hydrogens is 354 g/mol. The maximum Gasteiger partial charge on any atom is 0.263 e. The van der Waals surface area contributed by atoms with Gasteiger partial charge in [0.2, 0.25) is 0 Å². The van der Waals surface area contributed by atoms with Crippen molar-refractivity contribution in [2.45, 2.75) is 18.2 Å². The van der Waals surface area contributed by atoms with E-state index in [2.05, 4.69) is 31.0 Å². The zero-order valence-electron chi connectivity index (χ0n) is 11.5. The van der Waals surface area contributed by atoms with Gasteiger partial charge in [-0.05, 0) is 42.8 Å². The van der Waals surface area contributed by atoms with E-state index in [1.165, 1.54) is 12.3 Å². The number of rotatable bonds is 6. The monoisotopic (exact) mass is 369 g/mol. The number of benzene rings is 1. The van der Waals surface area contributed by atoms with Crippen LogP contribution in [0.2, 0.25) is 0 Å². The van der Waals surface area contributed by atoms with Crippen LogP contribution in [0.4, 0.5) is 11.5 Å². The van der Waals surface area contributed by atoms with Gasteiger partial charge in [0.15, 0.2) is 0 Å². The highest BCUT2D eigenvalue weighted by molar-refractivity contribution is 9.10. The Morgan fingerprint density at radius 2 is 1.86 bits per heavy atom. The molecule has 5 nitrogen and oxygen atoms in total. The van der Waals surface area contributed by atoms with E-state index in [9.17, 15) is 8.42 Å². The van der Waals surface area contributed by atoms with Crippen molar-refractivity contribution in [1.82, 2.24) is 4.98 Å². The molecule has 0 aliphatic heterocycles. The zero-order valence-corrected chi connectivity index (χ0v) is 13.9. The van der Waals surface area contributed by atoms with Gasteiger partial charge < -0.3 is 5.32 Å². The van der Waals surface area contributed by atoms with Crippen molar-refractivity contribution in [2.24, 2.45) is 0 Å². The Labute approximate surface area is 133 Å². The first-order chi connectivity index (χ1) is 10.0. The van der Waals surface area contributed by atoms with E-state index in [1.807, 2.05) is 6.92 Å². The van der Waals surface area contributed by atoms with Gasteiger partial charge in [-0.25, -0.2) is 13.4 Å². The number of hydrogen-bond acceptors (Lipinski definition) is 4. The van der Waals surface area contributed by atoms with E-state index in [0.29, 0.717) is 11.5 Å². The van der Waals surface area contributed by atoms with Crippen molar-refractivity contribution in [3.05, 3.63) is 47.1 Å². The van der Waals surface area contributed by atoms with Crippen LogP contribution in [-0.4, -0.2) is 19.9 Å². The van der Waals surface area contributed by atoms with Gasteiger partial charge in [0.25, 0.3) is 10.0 Å². The highest BCUT2D eigenvalue weighted by atomic mass is 79.9. The first kappa shape index (κ1) is 15.8. The number of anilines is 2. The zero-order chi connectivity index (χ0) is 15.3. The molecule has 2 aromatic rings. The van der Waals surface area contributed by atoms with Crippen molar-refractivity contribution in [1.29, 1.82) is 0 Å². The lowest BCUT2D eigenvalue weighted by molar-refractivity contribution is 0.601. The van der Waals surface area contributed by atoms with Crippen molar-refractivity contribution in [2.75, 3.05) is 16.6 Å². The van der Waals surface area contributed by atoms with Crippen LogP contribution in [0.15, 0.2) is 52.0 Å². The van der Waals surface area contributed by atoms with Crippen LogP contribution < -0.4 is 10.0 Å². The van der Waals surface area contributed by atoms with Crippen molar-refractivity contribution in [3.8, 4) is 0 Å². The summed E-state index contributed by atoms with van der Waals surface area (Å²) in [6.07, 6.45) is 2.33. The Bertz CT molecular complexity index is 685. The molecule has 0 atom stereocenters. The number of aromatic nitrogens is 1. The van der Waals surface area contributed by atoms with Gasteiger partial charge in [0.1, 0.15) is 10.7 Å². The third-order valence-electron chi connectivity index (χ3n) is 2.70. The second kappa shape index (κ2) is 6.91. The maximum atomic E-state index is 12.2. The van der Waals surface area contributed by atoms with Gasteiger partial charge in [-0.1, -0.05) is 22.9 Å². The van der Waals surface area contributed by atoms with Crippen LogP contribution >= 0.6 is 15.9 Å². The van der Waals surface area contributed by atoms with E-state index >= 15 is 0 Å². The van der Waals surface area contributed by atoms with Crippen LogP contribution in [0.1, 0.15) is 13.3 Å². The third-order valence-corrected chi connectivity index (χ3v) is 4.59.